The highest BCUT2D eigenvalue weighted by Crippen LogP contribution is 2.12. The first kappa shape index (κ1) is 9.48. The molecule has 70 valence electrons. The maximum atomic E-state index is 10.2. The number of rotatable bonds is 4. The molecule has 3 N–H and O–H groups in total. The molecule has 0 bridgehead atoms. The molecule has 0 aliphatic carbocycles. The molecule has 4 nitrogen and oxygen atoms in total. The average molecular weight is 172 g/mol. The van der Waals surface area contributed by atoms with Gasteiger partial charge in [0, 0.05) is 18.6 Å². The van der Waals surface area contributed by atoms with E-state index >= 15 is 0 Å². The summed E-state index contributed by atoms with van der Waals surface area (Å²) in [4.78, 5) is 10.2. The van der Waals surface area contributed by atoms with Crippen LogP contribution in [0.1, 0.15) is 19.8 Å². The minimum Gasteiger partial charge on any atom is -0.481 e. The van der Waals surface area contributed by atoms with E-state index in [0.717, 1.165) is 19.5 Å². The van der Waals surface area contributed by atoms with Gasteiger partial charge in [0.15, 0.2) is 0 Å². The van der Waals surface area contributed by atoms with Crippen LogP contribution in [0.4, 0.5) is 0 Å². The van der Waals surface area contributed by atoms with Crippen LogP contribution in [-0.2, 0) is 4.79 Å². The number of nitrogens with one attached hydrogen (secondary N) is 2. The zero-order valence-electron chi connectivity index (χ0n) is 7.39. The summed E-state index contributed by atoms with van der Waals surface area (Å²) >= 11 is 0. The molecule has 12 heavy (non-hydrogen) atoms. The van der Waals surface area contributed by atoms with Crippen molar-refractivity contribution in [2.45, 2.75) is 25.3 Å². The Hall–Kier alpha value is -0.610. The number of hydrogen-bond acceptors (Lipinski definition) is 3. The van der Waals surface area contributed by atoms with Crippen molar-refractivity contribution in [1.29, 1.82) is 0 Å². The van der Waals surface area contributed by atoms with E-state index < -0.39 is 5.97 Å². The number of carboxylic acids is 1. The summed E-state index contributed by atoms with van der Waals surface area (Å²) in [5, 5.41) is 14.9. The second-order valence-electron chi connectivity index (χ2n) is 3.56. The lowest BCUT2D eigenvalue weighted by atomic mass is 10.0. The molecule has 1 aliphatic heterocycles. The van der Waals surface area contributed by atoms with Crippen LogP contribution in [0.3, 0.4) is 0 Å². The third-order valence-corrected chi connectivity index (χ3v) is 2.26. The Kier molecular flexibility index (Phi) is 3.05. The van der Waals surface area contributed by atoms with Gasteiger partial charge < -0.3 is 15.7 Å². The Morgan fingerprint density at radius 1 is 1.75 bits per heavy atom. The molecule has 0 amide bonds. The highest BCUT2D eigenvalue weighted by atomic mass is 16.4. The van der Waals surface area contributed by atoms with Crippen LogP contribution in [0.15, 0.2) is 0 Å². The number of carbonyl (C=O) groups is 1. The van der Waals surface area contributed by atoms with Crippen LogP contribution >= 0.6 is 0 Å². The van der Waals surface area contributed by atoms with E-state index in [1.165, 1.54) is 0 Å². The monoisotopic (exact) mass is 172 g/mol. The maximum absolute atomic E-state index is 10.2. The van der Waals surface area contributed by atoms with Gasteiger partial charge in [-0.3, -0.25) is 4.79 Å². The van der Waals surface area contributed by atoms with Crippen molar-refractivity contribution in [3.63, 3.8) is 0 Å². The molecule has 1 heterocycles. The van der Waals surface area contributed by atoms with Gasteiger partial charge in [-0.2, -0.15) is 0 Å². The molecule has 0 radical (unpaired) electrons. The molecule has 1 unspecified atom stereocenters. The van der Waals surface area contributed by atoms with E-state index in [1.54, 1.807) is 0 Å². The Balaban J connectivity index is 2.17. The third-order valence-electron chi connectivity index (χ3n) is 2.26. The van der Waals surface area contributed by atoms with Crippen molar-refractivity contribution in [3.8, 4) is 0 Å². The summed E-state index contributed by atoms with van der Waals surface area (Å²) in [5.41, 5.74) is 0.107. The lowest BCUT2D eigenvalue weighted by Gasteiger charge is -2.23. The first-order valence-corrected chi connectivity index (χ1v) is 4.30. The molecular weight excluding hydrogens is 156 g/mol. The Bertz CT molecular complexity index is 164. The van der Waals surface area contributed by atoms with Gasteiger partial charge in [-0.15, -0.1) is 0 Å². The molecule has 1 rings (SSSR count). The Morgan fingerprint density at radius 2 is 2.50 bits per heavy atom. The summed E-state index contributed by atoms with van der Waals surface area (Å²) in [6.45, 7) is 4.64. The van der Waals surface area contributed by atoms with E-state index in [4.69, 9.17) is 5.11 Å². The zero-order chi connectivity index (χ0) is 9.03. The molecule has 1 fully saturated rings. The number of hydrogen-bond donors (Lipinski definition) is 3. The fraction of sp³-hybridized carbons (Fsp3) is 0.875. The summed E-state index contributed by atoms with van der Waals surface area (Å²) in [6, 6.07) is 0. The second-order valence-corrected chi connectivity index (χ2v) is 3.56. The SMILES string of the molecule is CC1(NCCC(=O)O)CCNC1. The second kappa shape index (κ2) is 3.87. The van der Waals surface area contributed by atoms with Crippen LogP contribution < -0.4 is 10.6 Å². The van der Waals surface area contributed by atoms with Crippen LogP contribution in [0.2, 0.25) is 0 Å². The van der Waals surface area contributed by atoms with E-state index in [0.29, 0.717) is 6.54 Å². The summed E-state index contributed by atoms with van der Waals surface area (Å²) in [6.07, 6.45) is 1.28. The minimum absolute atomic E-state index is 0.107. The van der Waals surface area contributed by atoms with Crippen LogP contribution in [0, 0.1) is 0 Å². The van der Waals surface area contributed by atoms with Crippen LogP contribution in [-0.4, -0.2) is 36.2 Å². The van der Waals surface area contributed by atoms with Crippen molar-refractivity contribution >= 4 is 5.97 Å². The molecule has 1 saturated heterocycles. The fourth-order valence-electron chi connectivity index (χ4n) is 1.44. The molecule has 1 atom stereocenters. The summed E-state index contributed by atoms with van der Waals surface area (Å²) in [7, 11) is 0. The highest BCUT2D eigenvalue weighted by molar-refractivity contribution is 5.66. The zero-order valence-corrected chi connectivity index (χ0v) is 7.39. The van der Waals surface area contributed by atoms with E-state index in [1.807, 2.05) is 0 Å². The smallest absolute Gasteiger partial charge is 0.304 e. The van der Waals surface area contributed by atoms with Crippen molar-refractivity contribution in [2.75, 3.05) is 19.6 Å². The van der Waals surface area contributed by atoms with Gasteiger partial charge >= 0.3 is 5.97 Å². The maximum Gasteiger partial charge on any atom is 0.304 e. The topological polar surface area (TPSA) is 61.4 Å². The lowest BCUT2D eigenvalue weighted by Crippen LogP contribution is -2.44. The summed E-state index contributed by atoms with van der Waals surface area (Å²) < 4.78 is 0. The molecular formula is C8H16N2O2. The standard InChI is InChI=1S/C8H16N2O2/c1-8(3-5-9-6-8)10-4-2-7(11)12/h9-10H,2-6H2,1H3,(H,11,12). The van der Waals surface area contributed by atoms with Gasteiger partial charge in [0.05, 0.1) is 6.42 Å². The van der Waals surface area contributed by atoms with Gasteiger partial charge in [0.1, 0.15) is 0 Å². The summed E-state index contributed by atoms with van der Waals surface area (Å²) in [5.74, 6) is -0.739. The highest BCUT2D eigenvalue weighted by Gasteiger charge is 2.27. The number of aliphatic carboxylic acids is 1. The largest absolute Gasteiger partial charge is 0.481 e. The quantitative estimate of drug-likeness (QED) is 0.549. The normalized spacial score (nSPS) is 29.1. The molecule has 0 aromatic carbocycles. The molecule has 1 aliphatic rings. The lowest BCUT2D eigenvalue weighted by molar-refractivity contribution is -0.136. The molecule has 0 spiro atoms. The van der Waals surface area contributed by atoms with E-state index in [2.05, 4.69) is 17.6 Å². The number of carboxylic acid groups (broad SMARTS) is 1. The van der Waals surface area contributed by atoms with Gasteiger partial charge in [-0.1, -0.05) is 0 Å². The van der Waals surface area contributed by atoms with Crippen molar-refractivity contribution in [1.82, 2.24) is 10.6 Å². The Labute approximate surface area is 72.3 Å². The minimum atomic E-state index is -0.739. The predicted octanol–water partition coefficient (Wildman–Crippen LogP) is -0.197. The fourth-order valence-corrected chi connectivity index (χ4v) is 1.44. The first-order valence-electron chi connectivity index (χ1n) is 4.30. The van der Waals surface area contributed by atoms with E-state index in [-0.39, 0.29) is 12.0 Å². The van der Waals surface area contributed by atoms with Crippen molar-refractivity contribution in [2.24, 2.45) is 0 Å². The molecule has 0 aromatic heterocycles. The third kappa shape index (κ3) is 2.79. The van der Waals surface area contributed by atoms with Gasteiger partial charge in [-0.25, -0.2) is 0 Å². The predicted molar refractivity (Wildman–Crippen MR) is 46.1 cm³/mol. The molecule has 4 heteroatoms. The molecule has 0 saturated carbocycles. The van der Waals surface area contributed by atoms with Gasteiger partial charge in [0.2, 0.25) is 0 Å². The Morgan fingerprint density at radius 3 is 3.00 bits per heavy atom. The molecule has 0 aromatic rings. The van der Waals surface area contributed by atoms with E-state index in [9.17, 15) is 4.79 Å². The van der Waals surface area contributed by atoms with Crippen LogP contribution in [0.25, 0.3) is 0 Å². The van der Waals surface area contributed by atoms with Crippen LogP contribution in [0.5, 0.6) is 0 Å². The van der Waals surface area contributed by atoms with Gasteiger partial charge in [-0.05, 0) is 19.9 Å². The van der Waals surface area contributed by atoms with Crippen molar-refractivity contribution < 1.29 is 9.90 Å². The van der Waals surface area contributed by atoms with Gasteiger partial charge in [0.25, 0.3) is 0 Å². The average Bonchev–Trinajstić information content (AvgIpc) is 2.35. The van der Waals surface area contributed by atoms with Crippen molar-refractivity contribution in [3.05, 3.63) is 0 Å². The first-order chi connectivity index (χ1) is 5.62.